The highest BCUT2D eigenvalue weighted by atomic mass is 79.9. The average molecular weight is 335 g/mol. The Labute approximate surface area is 121 Å². The van der Waals surface area contributed by atoms with Gasteiger partial charge in [-0.25, -0.2) is 0 Å². The number of nitrogens with one attached hydrogen (secondary N) is 1. The Bertz CT molecular complexity index is 383. The fourth-order valence-electron chi connectivity index (χ4n) is 1.89. The van der Waals surface area contributed by atoms with Gasteiger partial charge < -0.3 is 14.8 Å². The first kappa shape index (κ1) is 14.1. The second-order valence-corrected chi connectivity index (χ2v) is 5.59. The quantitative estimate of drug-likeness (QED) is 0.810. The first-order valence-corrected chi connectivity index (χ1v) is 7.33. The van der Waals surface area contributed by atoms with E-state index in [1.165, 1.54) is 6.42 Å². The van der Waals surface area contributed by atoms with Crippen molar-refractivity contribution in [3.05, 3.63) is 27.7 Å². The molecule has 1 aliphatic heterocycles. The second kappa shape index (κ2) is 7.34. The van der Waals surface area contributed by atoms with Gasteiger partial charge in [0.15, 0.2) is 0 Å². The normalized spacial score (nSPS) is 19.1. The van der Waals surface area contributed by atoms with Crippen LogP contribution in [0, 0.1) is 0 Å². The third kappa shape index (κ3) is 4.43. The van der Waals surface area contributed by atoms with Crippen molar-refractivity contribution in [3.63, 3.8) is 0 Å². The van der Waals surface area contributed by atoms with Crippen molar-refractivity contribution in [1.29, 1.82) is 0 Å². The van der Waals surface area contributed by atoms with Gasteiger partial charge in [0, 0.05) is 24.2 Å². The summed E-state index contributed by atoms with van der Waals surface area (Å²) in [5, 5.41) is 3.95. The minimum Gasteiger partial charge on any atom is -0.491 e. The molecule has 1 aromatic rings. The first-order chi connectivity index (χ1) is 8.75. The molecule has 0 bridgehead atoms. The van der Waals surface area contributed by atoms with E-state index in [-0.39, 0.29) is 0 Å². The molecule has 18 heavy (non-hydrogen) atoms. The van der Waals surface area contributed by atoms with Gasteiger partial charge in [0.1, 0.15) is 12.4 Å². The second-order valence-electron chi connectivity index (χ2n) is 4.26. The molecule has 3 nitrogen and oxygen atoms in total. The molecule has 0 saturated carbocycles. The highest BCUT2D eigenvalue weighted by Crippen LogP contribution is 2.27. The smallest absolute Gasteiger partial charge is 0.138 e. The molecule has 1 heterocycles. The van der Waals surface area contributed by atoms with Crippen molar-refractivity contribution in [1.82, 2.24) is 5.32 Å². The maximum atomic E-state index is 6.05. The van der Waals surface area contributed by atoms with Crippen molar-refractivity contribution >= 4 is 27.5 Å². The summed E-state index contributed by atoms with van der Waals surface area (Å²) in [5.41, 5.74) is 0. The van der Waals surface area contributed by atoms with E-state index in [2.05, 4.69) is 21.2 Å². The molecule has 0 aromatic heterocycles. The van der Waals surface area contributed by atoms with E-state index in [1.807, 2.05) is 18.2 Å². The number of halogens is 2. The van der Waals surface area contributed by atoms with Crippen LogP contribution < -0.4 is 10.1 Å². The SMILES string of the molecule is Clc1cc(Br)ccc1OCCNCC1CCCO1. The lowest BCUT2D eigenvalue weighted by Gasteiger charge is -2.12. The molecule has 5 heteroatoms. The summed E-state index contributed by atoms with van der Waals surface area (Å²) in [6.45, 7) is 3.20. The Balaban J connectivity index is 1.62. The van der Waals surface area contributed by atoms with Crippen molar-refractivity contribution in [3.8, 4) is 5.75 Å². The summed E-state index contributed by atoms with van der Waals surface area (Å²) in [6, 6.07) is 5.62. The van der Waals surface area contributed by atoms with Crippen LogP contribution in [0.4, 0.5) is 0 Å². The molecule has 1 aromatic carbocycles. The van der Waals surface area contributed by atoms with Gasteiger partial charge in [-0.05, 0) is 31.0 Å². The van der Waals surface area contributed by atoms with Gasteiger partial charge in [-0.2, -0.15) is 0 Å². The van der Waals surface area contributed by atoms with Gasteiger partial charge in [-0.3, -0.25) is 0 Å². The predicted octanol–water partition coefficient (Wildman–Crippen LogP) is 3.25. The molecular formula is C13H17BrClNO2. The van der Waals surface area contributed by atoms with E-state index in [1.54, 1.807) is 0 Å². The molecule has 1 aliphatic rings. The van der Waals surface area contributed by atoms with E-state index in [0.717, 1.165) is 36.3 Å². The Morgan fingerprint density at radius 3 is 3.11 bits per heavy atom. The van der Waals surface area contributed by atoms with Gasteiger partial charge in [-0.1, -0.05) is 27.5 Å². The van der Waals surface area contributed by atoms with Gasteiger partial charge in [0.05, 0.1) is 11.1 Å². The lowest BCUT2D eigenvalue weighted by molar-refractivity contribution is 0.109. The summed E-state index contributed by atoms with van der Waals surface area (Å²) in [7, 11) is 0. The standard InChI is InChI=1S/C13H17BrClNO2/c14-10-3-4-13(12(15)8-10)18-7-5-16-9-11-2-1-6-17-11/h3-4,8,11,16H,1-2,5-7,9H2. The van der Waals surface area contributed by atoms with Gasteiger partial charge >= 0.3 is 0 Å². The van der Waals surface area contributed by atoms with Crippen molar-refractivity contribution < 1.29 is 9.47 Å². The van der Waals surface area contributed by atoms with E-state index < -0.39 is 0 Å². The molecule has 1 N–H and O–H groups in total. The third-order valence-corrected chi connectivity index (χ3v) is 3.61. The molecular weight excluding hydrogens is 318 g/mol. The lowest BCUT2D eigenvalue weighted by atomic mass is 10.2. The van der Waals surface area contributed by atoms with Crippen molar-refractivity contribution in [2.45, 2.75) is 18.9 Å². The summed E-state index contributed by atoms with van der Waals surface area (Å²) < 4.78 is 12.1. The zero-order valence-corrected chi connectivity index (χ0v) is 12.5. The topological polar surface area (TPSA) is 30.5 Å². The lowest BCUT2D eigenvalue weighted by Crippen LogP contribution is -2.29. The van der Waals surface area contributed by atoms with Crippen LogP contribution in [0.1, 0.15) is 12.8 Å². The van der Waals surface area contributed by atoms with Crippen LogP contribution in [0.3, 0.4) is 0 Å². The summed E-state index contributed by atoms with van der Waals surface area (Å²) >= 11 is 9.41. The summed E-state index contributed by atoms with van der Waals surface area (Å²) in [6.07, 6.45) is 2.71. The molecule has 100 valence electrons. The largest absolute Gasteiger partial charge is 0.491 e. The molecule has 1 fully saturated rings. The zero-order chi connectivity index (χ0) is 12.8. The Kier molecular flexibility index (Phi) is 5.76. The van der Waals surface area contributed by atoms with Crippen LogP contribution in [0.2, 0.25) is 5.02 Å². The van der Waals surface area contributed by atoms with Crippen molar-refractivity contribution in [2.75, 3.05) is 26.3 Å². The van der Waals surface area contributed by atoms with Crippen LogP contribution in [0.5, 0.6) is 5.75 Å². The van der Waals surface area contributed by atoms with Crippen LogP contribution in [-0.4, -0.2) is 32.4 Å². The minimum absolute atomic E-state index is 0.376. The fraction of sp³-hybridized carbons (Fsp3) is 0.538. The van der Waals surface area contributed by atoms with Gasteiger partial charge in [0.2, 0.25) is 0 Å². The molecule has 0 radical (unpaired) electrons. The van der Waals surface area contributed by atoms with Gasteiger partial charge in [-0.15, -0.1) is 0 Å². The van der Waals surface area contributed by atoms with E-state index >= 15 is 0 Å². The van der Waals surface area contributed by atoms with Gasteiger partial charge in [0.25, 0.3) is 0 Å². The molecule has 2 rings (SSSR count). The van der Waals surface area contributed by atoms with E-state index in [9.17, 15) is 0 Å². The summed E-state index contributed by atoms with van der Waals surface area (Å²) in [5.74, 6) is 0.721. The Morgan fingerprint density at radius 2 is 2.39 bits per heavy atom. The number of benzene rings is 1. The molecule has 0 aliphatic carbocycles. The Hall–Kier alpha value is -0.290. The Morgan fingerprint density at radius 1 is 1.50 bits per heavy atom. The van der Waals surface area contributed by atoms with Crippen LogP contribution >= 0.6 is 27.5 Å². The molecule has 1 saturated heterocycles. The zero-order valence-electron chi connectivity index (χ0n) is 10.1. The maximum Gasteiger partial charge on any atom is 0.138 e. The highest BCUT2D eigenvalue weighted by Gasteiger charge is 2.14. The number of hydrogen-bond acceptors (Lipinski definition) is 3. The van der Waals surface area contributed by atoms with Crippen LogP contribution in [-0.2, 0) is 4.74 Å². The summed E-state index contributed by atoms with van der Waals surface area (Å²) in [4.78, 5) is 0. The molecule has 0 amide bonds. The van der Waals surface area contributed by atoms with Crippen LogP contribution in [0.15, 0.2) is 22.7 Å². The maximum absolute atomic E-state index is 6.05. The number of ether oxygens (including phenoxy) is 2. The predicted molar refractivity (Wildman–Crippen MR) is 76.5 cm³/mol. The molecule has 1 atom stereocenters. The van der Waals surface area contributed by atoms with E-state index in [4.69, 9.17) is 21.1 Å². The molecule has 0 spiro atoms. The van der Waals surface area contributed by atoms with Crippen molar-refractivity contribution in [2.24, 2.45) is 0 Å². The van der Waals surface area contributed by atoms with Crippen LogP contribution in [0.25, 0.3) is 0 Å². The van der Waals surface area contributed by atoms with E-state index in [0.29, 0.717) is 17.7 Å². The minimum atomic E-state index is 0.376. The third-order valence-electron chi connectivity index (χ3n) is 2.83. The average Bonchev–Trinajstić information content (AvgIpc) is 2.84. The highest BCUT2D eigenvalue weighted by molar-refractivity contribution is 9.10. The first-order valence-electron chi connectivity index (χ1n) is 6.16. The fourth-order valence-corrected chi connectivity index (χ4v) is 2.62. The molecule has 1 unspecified atom stereocenters. The monoisotopic (exact) mass is 333 g/mol. The number of hydrogen-bond donors (Lipinski definition) is 1. The number of rotatable bonds is 6.